The average molecular weight is 282 g/mol. The van der Waals surface area contributed by atoms with E-state index in [0.29, 0.717) is 5.56 Å². The van der Waals surface area contributed by atoms with E-state index in [1.807, 2.05) is 0 Å². The highest BCUT2D eigenvalue weighted by Gasteiger charge is 2.15. The van der Waals surface area contributed by atoms with Gasteiger partial charge in [0.15, 0.2) is 0 Å². The van der Waals surface area contributed by atoms with Crippen molar-refractivity contribution >= 4 is 11.8 Å². The summed E-state index contributed by atoms with van der Waals surface area (Å²) in [6.45, 7) is 1.42. The number of nitrogens with zero attached hydrogens (tertiary/aromatic N) is 1. The zero-order valence-electron chi connectivity index (χ0n) is 11.6. The topological polar surface area (TPSA) is 69.6 Å². The molecule has 6 heteroatoms. The number of hydrogen-bond donors (Lipinski definition) is 2. The molecular formula is C14H19FN2O3. The third-order valence-electron chi connectivity index (χ3n) is 3.01. The van der Waals surface area contributed by atoms with Crippen molar-refractivity contribution in [2.75, 3.05) is 20.2 Å². The van der Waals surface area contributed by atoms with Crippen molar-refractivity contribution in [3.8, 4) is 0 Å². The van der Waals surface area contributed by atoms with Crippen LogP contribution in [0.5, 0.6) is 0 Å². The lowest BCUT2D eigenvalue weighted by molar-refractivity contribution is -0.133. The first-order valence-corrected chi connectivity index (χ1v) is 6.31. The van der Waals surface area contributed by atoms with Crippen molar-refractivity contribution in [2.24, 2.45) is 0 Å². The van der Waals surface area contributed by atoms with Crippen molar-refractivity contribution in [1.29, 1.82) is 0 Å². The Morgan fingerprint density at radius 1 is 1.45 bits per heavy atom. The van der Waals surface area contributed by atoms with E-state index in [2.05, 4.69) is 5.32 Å². The van der Waals surface area contributed by atoms with Crippen molar-refractivity contribution in [2.45, 2.75) is 19.4 Å². The van der Waals surface area contributed by atoms with Gasteiger partial charge in [-0.3, -0.25) is 9.59 Å². The lowest BCUT2D eigenvalue weighted by Crippen LogP contribution is -2.43. The molecule has 0 aromatic heterocycles. The second kappa shape index (κ2) is 7.59. The third kappa shape index (κ3) is 4.97. The summed E-state index contributed by atoms with van der Waals surface area (Å²) in [5, 5.41) is 11.4. The zero-order chi connectivity index (χ0) is 15.1. The summed E-state index contributed by atoms with van der Waals surface area (Å²) in [6, 6.07) is 5.45. The Labute approximate surface area is 117 Å². The zero-order valence-corrected chi connectivity index (χ0v) is 11.6. The number of aliphatic hydroxyl groups is 1. The number of halogens is 1. The number of amides is 2. The normalized spacial score (nSPS) is 11.8. The second-order valence-corrected chi connectivity index (χ2v) is 4.62. The quantitative estimate of drug-likeness (QED) is 0.789. The van der Waals surface area contributed by atoms with E-state index < -0.39 is 5.82 Å². The molecule has 0 aliphatic heterocycles. The van der Waals surface area contributed by atoms with E-state index in [1.54, 1.807) is 20.0 Å². The number of rotatable bonds is 6. The fourth-order valence-corrected chi connectivity index (χ4v) is 1.56. The van der Waals surface area contributed by atoms with Gasteiger partial charge in [0.05, 0.1) is 25.6 Å². The number of nitrogens with one attached hydrogen (secondary N) is 1. The summed E-state index contributed by atoms with van der Waals surface area (Å²) >= 11 is 0. The van der Waals surface area contributed by atoms with Crippen LogP contribution in [0.15, 0.2) is 24.3 Å². The van der Waals surface area contributed by atoms with Crippen LogP contribution >= 0.6 is 0 Å². The fourth-order valence-electron chi connectivity index (χ4n) is 1.56. The summed E-state index contributed by atoms with van der Waals surface area (Å²) in [5.41, 5.74) is 0.548. The number of carbonyl (C=O) groups excluding carboxylic acids is 2. The molecule has 0 saturated heterocycles. The maximum Gasteiger partial charge on any atom is 0.242 e. The molecule has 2 amide bonds. The van der Waals surface area contributed by atoms with Crippen LogP contribution in [0, 0.1) is 5.82 Å². The minimum absolute atomic E-state index is 0.0182. The average Bonchev–Trinajstić information content (AvgIpc) is 2.43. The van der Waals surface area contributed by atoms with E-state index >= 15 is 0 Å². The second-order valence-electron chi connectivity index (χ2n) is 4.62. The summed E-state index contributed by atoms with van der Waals surface area (Å²) in [6.07, 6.45) is 0.0182. The molecule has 0 spiro atoms. The van der Waals surface area contributed by atoms with Crippen molar-refractivity contribution in [1.82, 2.24) is 10.2 Å². The van der Waals surface area contributed by atoms with E-state index in [9.17, 15) is 14.0 Å². The van der Waals surface area contributed by atoms with Gasteiger partial charge in [-0.05, 0) is 24.6 Å². The van der Waals surface area contributed by atoms with Gasteiger partial charge in [-0.25, -0.2) is 4.39 Å². The predicted octanol–water partition coefficient (Wildman–Crippen LogP) is 0.324. The molecule has 20 heavy (non-hydrogen) atoms. The molecular weight excluding hydrogens is 263 g/mol. The van der Waals surface area contributed by atoms with Crippen LogP contribution in [0.1, 0.15) is 12.5 Å². The van der Waals surface area contributed by atoms with Crippen LogP contribution in [0.3, 0.4) is 0 Å². The van der Waals surface area contributed by atoms with Gasteiger partial charge in [0, 0.05) is 7.05 Å². The van der Waals surface area contributed by atoms with Gasteiger partial charge >= 0.3 is 0 Å². The van der Waals surface area contributed by atoms with Gasteiger partial charge in [-0.15, -0.1) is 0 Å². The van der Waals surface area contributed by atoms with E-state index in [4.69, 9.17) is 5.11 Å². The van der Waals surface area contributed by atoms with Crippen molar-refractivity contribution < 1.29 is 19.1 Å². The Balaban J connectivity index is 2.42. The van der Waals surface area contributed by atoms with Gasteiger partial charge in [-0.2, -0.15) is 0 Å². The number of hydrogen-bond acceptors (Lipinski definition) is 3. The van der Waals surface area contributed by atoms with E-state index in [0.717, 1.165) is 0 Å². The van der Waals surface area contributed by atoms with Crippen molar-refractivity contribution in [3.05, 3.63) is 35.6 Å². The Morgan fingerprint density at radius 3 is 2.75 bits per heavy atom. The summed E-state index contributed by atoms with van der Waals surface area (Å²) in [7, 11) is 1.56. The third-order valence-corrected chi connectivity index (χ3v) is 3.01. The fraction of sp³-hybridized carbons (Fsp3) is 0.429. The van der Waals surface area contributed by atoms with Gasteiger partial charge in [0.2, 0.25) is 11.8 Å². The number of likely N-dealkylation sites (N-methyl/N-ethyl adjacent to an activating group) is 1. The highest BCUT2D eigenvalue weighted by Crippen LogP contribution is 2.04. The molecule has 110 valence electrons. The monoisotopic (exact) mass is 282 g/mol. The first kappa shape index (κ1) is 16.1. The molecule has 0 aliphatic carbocycles. The Bertz CT molecular complexity index is 479. The lowest BCUT2D eigenvalue weighted by Gasteiger charge is -2.23. The molecule has 0 radical (unpaired) electrons. The smallest absolute Gasteiger partial charge is 0.242 e. The molecule has 1 atom stereocenters. The molecule has 2 N–H and O–H groups in total. The van der Waals surface area contributed by atoms with Crippen LogP contribution in [-0.4, -0.2) is 48.1 Å². The maximum atomic E-state index is 12.9. The van der Waals surface area contributed by atoms with Crippen LogP contribution in [0.4, 0.5) is 4.39 Å². The molecule has 0 saturated carbocycles. The van der Waals surface area contributed by atoms with Crippen molar-refractivity contribution in [3.63, 3.8) is 0 Å². The number of carbonyl (C=O) groups is 2. The molecule has 0 fully saturated rings. The summed E-state index contributed by atoms with van der Waals surface area (Å²) in [5.74, 6) is -1.05. The number of aliphatic hydroxyl groups excluding tert-OH is 1. The minimum atomic E-state index is -0.400. The van der Waals surface area contributed by atoms with E-state index in [-0.39, 0.29) is 37.4 Å². The molecule has 0 bridgehead atoms. The molecule has 1 unspecified atom stereocenters. The van der Waals surface area contributed by atoms with Gasteiger partial charge in [-0.1, -0.05) is 12.1 Å². The van der Waals surface area contributed by atoms with Crippen LogP contribution in [0.2, 0.25) is 0 Å². The molecule has 0 aliphatic rings. The van der Waals surface area contributed by atoms with Gasteiger partial charge in [0.1, 0.15) is 5.82 Å². The van der Waals surface area contributed by atoms with Gasteiger partial charge in [0.25, 0.3) is 0 Å². The first-order chi connectivity index (χ1) is 9.43. The minimum Gasteiger partial charge on any atom is -0.394 e. The molecule has 5 nitrogen and oxygen atoms in total. The summed E-state index contributed by atoms with van der Waals surface area (Å²) in [4.78, 5) is 24.7. The molecule has 1 aromatic rings. The lowest BCUT2D eigenvalue weighted by atomic mass is 10.1. The van der Waals surface area contributed by atoms with Gasteiger partial charge < -0.3 is 15.3 Å². The highest BCUT2D eigenvalue weighted by atomic mass is 19.1. The Hall–Kier alpha value is -1.95. The maximum absolute atomic E-state index is 12.9. The predicted molar refractivity (Wildman–Crippen MR) is 72.4 cm³/mol. The summed E-state index contributed by atoms with van der Waals surface area (Å²) < 4.78 is 12.9. The molecule has 1 rings (SSSR count). The molecule has 1 aromatic carbocycles. The van der Waals surface area contributed by atoms with E-state index in [1.165, 1.54) is 23.1 Å². The standard InChI is InChI=1S/C14H19FN2O3/c1-10(9-18)17(2)14(20)8-16-13(19)7-11-4-3-5-12(15)6-11/h3-6,10,18H,7-9H2,1-2H3,(H,16,19). The Morgan fingerprint density at radius 2 is 2.15 bits per heavy atom. The van der Waals surface area contributed by atoms with Crippen LogP contribution < -0.4 is 5.32 Å². The number of benzene rings is 1. The van der Waals surface area contributed by atoms with Crippen LogP contribution in [-0.2, 0) is 16.0 Å². The SMILES string of the molecule is CC(CO)N(C)C(=O)CNC(=O)Cc1cccc(F)c1. The largest absolute Gasteiger partial charge is 0.394 e. The molecule has 0 heterocycles. The highest BCUT2D eigenvalue weighted by molar-refractivity contribution is 5.85. The van der Waals surface area contributed by atoms with Crippen LogP contribution in [0.25, 0.3) is 0 Å². The Kier molecular flexibility index (Phi) is 6.11. The first-order valence-electron chi connectivity index (χ1n) is 6.31.